The molecular formula is C20H13BrClF3N2O4S. The lowest BCUT2D eigenvalue weighted by Gasteiger charge is -2.25. The quantitative estimate of drug-likeness (QED) is 0.432. The summed E-state index contributed by atoms with van der Waals surface area (Å²) in [6.07, 6.45) is -4.21. The molecule has 2 aromatic carbocycles. The summed E-state index contributed by atoms with van der Waals surface area (Å²) < 4.78 is 67.3. The van der Waals surface area contributed by atoms with Crippen molar-refractivity contribution in [3.63, 3.8) is 0 Å². The Balaban J connectivity index is 2.12. The molecule has 1 aromatic heterocycles. The van der Waals surface area contributed by atoms with E-state index >= 15 is 0 Å². The molecule has 3 aromatic rings. The summed E-state index contributed by atoms with van der Waals surface area (Å²) in [5.41, 5.74) is -0.746. The highest BCUT2D eigenvalue weighted by molar-refractivity contribution is 9.10. The maximum atomic E-state index is 13.4. The minimum absolute atomic E-state index is 0.130. The number of halogens is 5. The molecule has 3 rings (SSSR count). The van der Waals surface area contributed by atoms with Crippen molar-refractivity contribution in [2.24, 2.45) is 0 Å². The second-order valence-corrected chi connectivity index (χ2v) is 9.68. The monoisotopic (exact) mass is 548 g/mol. The maximum Gasteiger partial charge on any atom is 0.417 e. The second kappa shape index (κ2) is 9.08. The number of pyridine rings is 1. The molecule has 0 aliphatic rings. The van der Waals surface area contributed by atoms with Crippen molar-refractivity contribution in [2.45, 2.75) is 17.6 Å². The average Bonchev–Trinajstić information content (AvgIpc) is 2.73. The number of nitrogens with zero attached hydrogens (tertiary/aromatic N) is 2. The molecule has 0 fully saturated rings. The van der Waals surface area contributed by atoms with Crippen LogP contribution >= 0.6 is 27.5 Å². The molecular weight excluding hydrogens is 537 g/mol. The zero-order chi connectivity index (χ0) is 23.7. The van der Waals surface area contributed by atoms with Crippen molar-refractivity contribution >= 4 is 49.3 Å². The van der Waals surface area contributed by atoms with Crippen LogP contribution < -0.4 is 4.31 Å². The molecule has 0 amide bonds. The van der Waals surface area contributed by atoms with E-state index in [9.17, 15) is 26.4 Å². The molecule has 0 saturated heterocycles. The van der Waals surface area contributed by atoms with Crippen LogP contribution in [0.25, 0.3) is 0 Å². The number of aromatic nitrogens is 1. The first-order valence-electron chi connectivity index (χ1n) is 8.73. The number of anilines is 1. The first kappa shape index (κ1) is 24.0. The summed E-state index contributed by atoms with van der Waals surface area (Å²) in [7, 11) is -4.38. The van der Waals surface area contributed by atoms with Gasteiger partial charge in [0.1, 0.15) is 0 Å². The van der Waals surface area contributed by atoms with Gasteiger partial charge in [-0.3, -0.25) is 0 Å². The Labute approximate surface area is 194 Å². The van der Waals surface area contributed by atoms with Gasteiger partial charge in [0.05, 0.1) is 27.6 Å². The fraction of sp³-hybridized carbons (Fsp3) is 0.100. The van der Waals surface area contributed by atoms with Gasteiger partial charge in [-0.05, 0) is 48.0 Å². The Morgan fingerprint density at radius 2 is 1.69 bits per heavy atom. The van der Waals surface area contributed by atoms with Gasteiger partial charge in [-0.15, -0.1) is 0 Å². The zero-order valence-electron chi connectivity index (χ0n) is 15.8. The van der Waals surface area contributed by atoms with E-state index < -0.39 is 38.6 Å². The Bertz CT molecular complexity index is 1250. The van der Waals surface area contributed by atoms with E-state index in [1.807, 2.05) is 0 Å². The predicted molar refractivity (Wildman–Crippen MR) is 115 cm³/mol. The summed E-state index contributed by atoms with van der Waals surface area (Å²) in [4.78, 5) is 14.5. The van der Waals surface area contributed by atoms with Gasteiger partial charge in [-0.1, -0.05) is 39.7 Å². The highest BCUT2D eigenvalue weighted by Gasteiger charge is 2.34. The molecule has 0 spiro atoms. The van der Waals surface area contributed by atoms with Crippen molar-refractivity contribution in [3.8, 4) is 0 Å². The van der Waals surface area contributed by atoms with Gasteiger partial charge in [0.2, 0.25) is 0 Å². The number of sulfonamides is 1. The second-order valence-electron chi connectivity index (χ2n) is 6.49. The highest BCUT2D eigenvalue weighted by Crippen LogP contribution is 2.36. The van der Waals surface area contributed by atoms with Gasteiger partial charge in [-0.25, -0.2) is 22.5 Å². The summed E-state index contributed by atoms with van der Waals surface area (Å²) in [6, 6.07) is 11.6. The normalized spacial score (nSPS) is 11.9. The first-order chi connectivity index (χ1) is 14.9. The van der Waals surface area contributed by atoms with Crippen LogP contribution in [-0.4, -0.2) is 24.5 Å². The third kappa shape index (κ3) is 5.22. The van der Waals surface area contributed by atoms with Crippen LogP contribution in [0.4, 0.5) is 19.0 Å². The Hall–Kier alpha value is -2.63. The summed E-state index contributed by atoms with van der Waals surface area (Å²) >= 11 is 9.30. The first-order valence-corrected chi connectivity index (χ1v) is 11.3. The minimum Gasteiger partial charge on any atom is -0.478 e. The number of aromatic carboxylic acids is 1. The lowest BCUT2D eigenvalue weighted by Crippen LogP contribution is -2.31. The van der Waals surface area contributed by atoms with Crippen LogP contribution in [0.2, 0.25) is 5.02 Å². The van der Waals surface area contributed by atoms with Gasteiger partial charge < -0.3 is 5.11 Å². The zero-order valence-corrected chi connectivity index (χ0v) is 19.0. The molecule has 0 unspecified atom stereocenters. The van der Waals surface area contributed by atoms with Gasteiger partial charge in [0.15, 0.2) is 5.82 Å². The molecule has 0 aliphatic heterocycles. The highest BCUT2D eigenvalue weighted by atomic mass is 79.9. The molecule has 12 heteroatoms. The fourth-order valence-electron chi connectivity index (χ4n) is 2.70. The van der Waals surface area contributed by atoms with Crippen LogP contribution in [-0.2, 0) is 22.7 Å². The van der Waals surface area contributed by atoms with Crippen LogP contribution in [0.1, 0.15) is 21.5 Å². The van der Waals surface area contributed by atoms with Gasteiger partial charge >= 0.3 is 12.1 Å². The number of hydrogen-bond donors (Lipinski definition) is 1. The van der Waals surface area contributed by atoms with Crippen molar-refractivity contribution in [1.82, 2.24) is 4.98 Å². The average molecular weight is 550 g/mol. The number of benzene rings is 2. The topological polar surface area (TPSA) is 87.6 Å². The van der Waals surface area contributed by atoms with Crippen LogP contribution in [0.5, 0.6) is 0 Å². The van der Waals surface area contributed by atoms with Crippen LogP contribution in [0.3, 0.4) is 0 Å². The van der Waals surface area contributed by atoms with E-state index in [1.165, 1.54) is 0 Å². The van der Waals surface area contributed by atoms with E-state index in [0.29, 0.717) is 17.8 Å². The molecule has 1 N–H and O–H groups in total. The Morgan fingerprint density at radius 3 is 2.19 bits per heavy atom. The molecule has 168 valence electrons. The summed E-state index contributed by atoms with van der Waals surface area (Å²) in [6.45, 7) is -0.283. The minimum atomic E-state index is -4.71. The van der Waals surface area contributed by atoms with Crippen LogP contribution in [0, 0.1) is 0 Å². The molecule has 0 saturated carbocycles. The third-order valence-corrected chi connectivity index (χ3v) is 6.87. The Kier molecular flexibility index (Phi) is 6.82. The van der Waals surface area contributed by atoms with E-state index in [2.05, 4.69) is 20.9 Å². The predicted octanol–water partition coefficient (Wildman–Crippen LogP) is 5.61. The standard InChI is InChI=1S/C20H13BrClF3N2O4S/c21-15-5-1-12(2-6-15)11-27(18-17(22)9-14(10-26-18)20(23,24)25)32(30,31)16-7-3-13(4-8-16)19(28)29/h1-10H,11H2,(H,28,29). The summed E-state index contributed by atoms with van der Waals surface area (Å²) in [5, 5.41) is 8.52. The van der Waals surface area contributed by atoms with E-state index in [1.54, 1.807) is 24.3 Å². The number of carboxylic acid groups (broad SMARTS) is 1. The van der Waals surface area contributed by atoms with Crippen molar-refractivity contribution < 1.29 is 31.5 Å². The number of hydrogen-bond acceptors (Lipinski definition) is 4. The molecule has 6 nitrogen and oxygen atoms in total. The number of carboxylic acids is 1. The SMILES string of the molecule is O=C(O)c1ccc(S(=O)(=O)N(Cc2ccc(Br)cc2)c2ncc(C(F)(F)F)cc2Cl)cc1. The maximum absolute atomic E-state index is 13.4. The van der Waals surface area contributed by atoms with Crippen molar-refractivity contribution in [1.29, 1.82) is 0 Å². The van der Waals surface area contributed by atoms with Gasteiger partial charge in [0.25, 0.3) is 10.0 Å². The number of rotatable bonds is 6. The lowest BCUT2D eigenvalue weighted by atomic mass is 10.2. The largest absolute Gasteiger partial charge is 0.478 e. The number of carbonyl (C=O) groups is 1. The van der Waals surface area contributed by atoms with E-state index in [-0.39, 0.29) is 17.0 Å². The van der Waals surface area contributed by atoms with Crippen molar-refractivity contribution in [3.05, 3.63) is 87.0 Å². The number of alkyl halides is 3. The van der Waals surface area contributed by atoms with E-state index in [4.69, 9.17) is 16.7 Å². The Morgan fingerprint density at radius 1 is 1.09 bits per heavy atom. The fourth-order valence-corrected chi connectivity index (χ4v) is 4.70. The molecule has 0 atom stereocenters. The molecule has 32 heavy (non-hydrogen) atoms. The van der Waals surface area contributed by atoms with Gasteiger partial charge in [-0.2, -0.15) is 13.2 Å². The van der Waals surface area contributed by atoms with E-state index in [0.717, 1.165) is 33.0 Å². The molecule has 0 bridgehead atoms. The smallest absolute Gasteiger partial charge is 0.417 e. The summed E-state index contributed by atoms with van der Waals surface area (Å²) in [5.74, 6) is -1.64. The third-order valence-electron chi connectivity index (χ3n) is 4.31. The van der Waals surface area contributed by atoms with Crippen LogP contribution in [0.15, 0.2) is 70.2 Å². The lowest BCUT2D eigenvalue weighted by molar-refractivity contribution is -0.137. The molecule has 0 aliphatic carbocycles. The molecule has 1 heterocycles. The van der Waals surface area contributed by atoms with Crippen molar-refractivity contribution in [2.75, 3.05) is 4.31 Å². The van der Waals surface area contributed by atoms with Gasteiger partial charge in [0, 0.05) is 10.7 Å². The molecule has 0 radical (unpaired) electrons.